The highest BCUT2D eigenvalue weighted by Crippen LogP contribution is 2.39. The van der Waals surface area contributed by atoms with E-state index in [1.54, 1.807) is 0 Å². The second-order valence-electron chi connectivity index (χ2n) is 4.83. The molecule has 0 atom stereocenters. The predicted octanol–water partition coefficient (Wildman–Crippen LogP) is 5.06. The first-order chi connectivity index (χ1) is 8.81. The molecule has 3 aromatic rings. The fourth-order valence-electron chi connectivity index (χ4n) is 2.86. The molecule has 1 aliphatic carbocycles. The molecule has 86 valence electrons. The van der Waals surface area contributed by atoms with Crippen molar-refractivity contribution in [3.05, 3.63) is 70.7 Å². The van der Waals surface area contributed by atoms with Crippen LogP contribution in [0.15, 0.2) is 54.6 Å². The zero-order valence-corrected chi connectivity index (χ0v) is 10.5. The van der Waals surface area contributed by atoms with Gasteiger partial charge in [0.05, 0.1) is 0 Å². The van der Waals surface area contributed by atoms with E-state index in [1.807, 2.05) is 12.1 Å². The van der Waals surface area contributed by atoms with Crippen LogP contribution in [-0.2, 0) is 6.42 Å². The molecule has 0 aromatic heterocycles. The smallest absolute Gasteiger partial charge is 0.0412 e. The maximum atomic E-state index is 6.07. The molecular formula is C17H11Cl. The first kappa shape index (κ1) is 10.2. The Morgan fingerprint density at radius 2 is 1.61 bits per heavy atom. The third-order valence-corrected chi connectivity index (χ3v) is 3.95. The van der Waals surface area contributed by atoms with Crippen molar-refractivity contribution in [1.29, 1.82) is 0 Å². The summed E-state index contributed by atoms with van der Waals surface area (Å²) >= 11 is 6.07. The standard InChI is InChI=1S/C17H11Cl/c18-15-6-5-11-7-14-8-12-3-1-2-4-16(12)17(14)10-13(11)9-15/h1-7,9-10H,8H2. The van der Waals surface area contributed by atoms with Gasteiger partial charge in [-0.15, -0.1) is 0 Å². The van der Waals surface area contributed by atoms with Crippen molar-refractivity contribution in [2.24, 2.45) is 0 Å². The quantitative estimate of drug-likeness (QED) is 0.409. The van der Waals surface area contributed by atoms with Gasteiger partial charge in [-0.05, 0) is 57.6 Å². The molecule has 0 bridgehead atoms. The van der Waals surface area contributed by atoms with E-state index in [0.29, 0.717) is 0 Å². The molecular weight excluding hydrogens is 240 g/mol. The molecule has 18 heavy (non-hydrogen) atoms. The fraction of sp³-hybridized carbons (Fsp3) is 0.0588. The molecule has 0 aliphatic heterocycles. The van der Waals surface area contributed by atoms with Crippen LogP contribution in [0.2, 0.25) is 5.02 Å². The minimum atomic E-state index is 0.800. The van der Waals surface area contributed by atoms with Crippen LogP contribution in [0.3, 0.4) is 0 Å². The van der Waals surface area contributed by atoms with Crippen molar-refractivity contribution in [2.75, 3.05) is 0 Å². The van der Waals surface area contributed by atoms with E-state index in [2.05, 4.69) is 42.5 Å². The summed E-state index contributed by atoms with van der Waals surface area (Å²) in [6.45, 7) is 0. The molecule has 0 N–H and O–H groups in total. The Morgan fingerprint density at radius 1 is 0.722 bits per heavy atom. The first-order valence-corrected chi connectivity index (χ1v) is 6.49. The fourth-order valence-corrected chi connectivity index (χ4v) is 3.04. The first-order valence-electron chi connectivity index (χ1n) is 6.12. The van der Waals surface area contributed by atoms with Crippen molar-refractivity contribution < 1.29 is 0 Å². The molecule has 0 nitrogen and oxygen atoms in total. The number of fused-ring (bicyclic) bond motifs is 4. The van der Waals surface area contributed by atoms with E-state index in [1.165, 1.54) is 33.0 Å². The maximum Gasteiger partial charge on any atom is 0.0412 e. The van der Waals surface area contributed by atoms with E-state index in [9.17, 15) is 0 Å². The Bertz CT molecular complexity index is 772. The van der Waals surface area contributed by atoms with Gasteiger partial charge in [-0.2, -0.15) is 0 Å². The molecule has 0 unspecified atom stereocenters. The van der Waals surface area contributed by atoms with Crippen LogP contribution < -0.4 is 0 Å². The zero-order chi connectivity index (χ0) is 12.1. The zero-order valence-electron chi connectivity index (χ0n) is 9.78. The molecule has 0 saturated heterocycles. The molecule has 4 rings (SSSR count). The van der Waals surface area contributed by atoms with Gasteiger partial charge in [0, 0.05) is 5.02 Å². The van der Waals surface area contributed by atoms with Gasteiger partial charge in [0.25, 0.3) is 0 Å². The summed E-state index contributed by atoms with van der Waals surface area (Å²) < 4.78 is 0. The lowest BCUT2D eigenvalue weighted by Gasteiger charge is -2.04. The normalized spacial score (nSPS) is 12.5. The average Bonchev–Trinajstić information content (AvgIpc) is 2.74. The summed E-state index contributed by atoms with van der Waals surface area (Å²) in [4.78, 5) is 0. The van der Waals surface area contributed by atoms with Crippen LogP contribution in [0.1, 0.15) is 11.1 Å². The number of hydrogen-bond acceptors (Lipinski definition) is 0. The lowest BCUT2D eigenvalue weighted by Crippen LogP contribution is -1.81. The minimum absolute atomic E-state index is 0.800. The third-order valence-electron chi connectivity index (χ3n) is 3.71. The molecule has 1 heteroatoms. The predicted molar refractivity (Wildman–Crippen MR) is 77.2 cm³/mol. The number of hydrogen-bond donors (Lipinski definition) is 0. The summed E-state index contributed by atoms with van der Waals surface area (Å²) in [6.07, 6.45) is 1.05. The summed E-state index contributed by atoms with van der Waals surface area (Å²) in [5.74, 6) is 0. The molecule has 0 fully saturated rings. The van der Waals surface area contributed by atoms with E-state index in [4.69, 9.17) is 11.6 Å². The van der Waals surface area contributed by atoms with Crippen molar-refractivity contribution in [3.63, 3.8) is 0 Å². The van der Waals surface area contributed by atoms with Gasteiger partial charge in [0.2, 0.25) is 0 Å². The molecule has 0 saturated carbocycles. The highest BCUT2D eigenvalue weighted by molar-refractivity contribution is 6.31. The summed E-state index contributed by atoms with van der Waals surface area (Å²) in [7, 11) is 0. The number of rotatable bonds is 0. The van der Waals surface area contributed by atoms with Crippen molar-refractivity contribution in [3.8, 4) is 11.1 Å². The highest BCUT2D eigenvalue weighted by Gasteiger charge is 2.18. The topological polar surface area (TPSA) is 0 Å². The number of halogens is 1. The van der Waals surface area contributed by atoms with Gasteiger partial charge in [0.1, 0.15) is 0 Å². The van der Waals surface area contributed by atoms with Crippen LogP contribution in [0.25, 0.3) is 21.9 Å². The Balaban J connectivity index is 2.05. The van der Waals surface area contributed by atoms with Crippen LogP contribution in [0, 0.1) is 0 Å². The Kier molecular flexibility index (Phi) is 2.03. The van der Waals surface area contributed by atoms with Crippen LogP contribution in [0.5, 0.6) is 0 Å². The van der Waals surface area contributed by atoms with Crippen LogP contribution >= 0.6 is 11.6 Å². The van der Waals surface area contributed by atoms with Crippen molar-refractivity contribution in [2.45, 2.75) is 6.42 Å². The summed E-state index contributed by atoms with van der Waals surface area (Å²) in [5, 5.41) is 3.29. The van der Waals surface area contributed by atoms with Gasteiger partial charge >= 0.3 is 0 Å². The SMILES string of the molecule is Clc1ccc2cc3c(cc2c1)-c1ccccc1C3. The second kappa shape index (κ2) is 3.60. The van der Waals surface area contributed by atoms with Gasteiger partial charge in [-0.25, -0.2) is 0 Å². The van der Waals surface area contributed by atoms with Crippen molar-refractivity contribution in [1.82, 2.24) is 0 Å². The van der Waals surface area contributed by atoms with Crippen LogP contribution in [0.4, 0.5) is 0 Å². The van der Waals surface area contributed by atoms with E-state index in [0.717, 1.165) is 11.4 Å². The average molecular weight is 251 g/mol. The van der Waals surface area contributed by atoms with E-state index >= 15 is 0 Å². The Hall–Kier alpha value is -1.79. The van der Waals surface area contributed by atoms with E-state index < -0.39 is 0 Å². The lowest BCUT2D eigenvalue weighted by molar-refractivity contribution is 1.27. The lowest BCUT2D eigenvalue weighted by atomic mass is 10.0. The second-order valence-corrected chi connectivity index (χ2v) is 5.27. The largest absolute Gasteiger partial charge is 0.0843 e. The van der Waals surface area contributed by atoms with Gasteiger partial charge in [0.15, 0.2) is 0 Å². The number of benzene rings is 3. The molecule has 0 heterocycles. The monoisotopic (exact) mass is 250 g/mol. The third kappa shape index (κ3) is 1.39. The molecule has 0 amide bonds. The van der Waals surface area contributed by atoms with Crippen molar-refractivity contribution >= 4 is 22.4 Å². The minimum Gasteiger partial charge on any atom is -0.0843 e. The molecule has 1 aliphatic rings. The molecule has 0 radical (unpaired) electrons. The molecule has 0 spiro atoms. The van der Waals surface area contributed by atoms with Crippen LogP contribution in [-0.4, -0.2) is 0 Å². The Morgan fingerprint density at radius 3 is 2.56 bits per heavy atom. The van der Waals surface area contributed by atoms with Gasteiger partial charge < -0.3 is 0 Å². The van der Waals surface area contributed by atoms with E-state index in [-0.39, 0.29) is 0 Å². The van der Waals surface area contributed by atoms with Gasteiger partial charge in [-0.1, -0.05) is 48.0 Å². The summed E-state index contributed by atoms with van der Waals surface area (Å²) in [5.41, 5.74) is 5.58. The van der Waals surface area contributed by atoms with Gasteiger partial charge in [-0.3, -0.25) is 0 Å². The highest BCUT2D eigenvalue weighted by atomic mass is 35.5. The molecule has 3 aromatic carbocycles. The summed E-state index contributed by atoms with van der Waals surface area (Å²) in [6, 6.07) is 19.3. The maximum absolute atomic E-state index is 6.07. The Labute approximate surface area is 111 Å².